The molecule has 0 aliphatic heterocycles. The maximum atomic E-state index is 14.8. The van der Waals surface area contributed by atoms with E-state index in [-0.39, 0.29) is 29.8 Å². The van der Waals surface area contributed by atoms with Gasteiger partial charge in [-0.3, -0.25) is 13.9 Å². The Morgan fingerprint density at radius 2 is 1.48 bits per heavy atom. The van der Waals surface area contributed by atoms with E-state index in [2.05, 4.69) is 5.32 Å². The Morgan fingerprint density at radius 3 is 2.17 bits per heavy atom. The quantitative estimate of drug-likeness (QED) is 0.165. The first-order valence-electron chi connectivity index (χ1n) is 16.7. The van der Waals surface area contributed by atoms with Crippen molar-refractivity contribution in [3.8, 4) is 5.75 Å². The minimum Gasteiger partial charge on any atom is -0.497 e. The van der Waals surface area contributed by atoms with E-state index in [1.54, 1.807) is 42.3 Å². The summed E-state index contributed by atoms with van der Waals surface area (Å²) in [5, 5.41) is 3.25. The highest BCUT2D eigenvalue weighted by molar-refractivity contribution is 7.92. The first-order chi connectivity index (χ1) is 23.3. The molecule has 0 saturated heterocycles. The molecule has 1 aliphatic carbocycles. The van der Waals surface area contributed by atoms with Crippen molar-refractivity contribution in [3.05, 3.63) is 126 Å². The lowest BCUT2D eigenvalue weighted by atomic mass is 9.94. The molecule has 5 rings (SSSR count). The van der Waals surface area contributed by atoms with Crippen LogP contribution in [0.1, 0.15) is 55.7 Å². The maximum absolute atomic E-state index is 14.8. The molecule has 0 aromatic heterocycles. The summed E-state index contributed by atoms with van der Waals surface area (Å²) in [5.41, 5.74) is 2.89. The zero-order valence-corrected chi connectivity index (χ0v) is 28.6. The van der Waals surface area contributed by atoms with Crippen molar-refractivity contribution >= 4 is 27.5 Å². The fourth-order valence-electron chi connectivity index (χ4n) is 6.35. The summed E-state index contributed by atoms with van der Waals surface area (Å²) in [6.45, 7) is 1.55. The van der Waals surface area contributed by atoms with Gasteiger partial charge in [0, 0.05) is 19.0 Å². The molecule has 1 aliphatic rings. The highest BCUT2D eigenvalue weighted by Crippen LogP contribution is 2.29. The number of amides is 2. The van der Waals surface area contributed by atoms with E-state index in [0.29, 0.717) is 17.9 Å². The maximum Gasteiger partial charge on any atom is 0.264 e. The van der Waals surface area contributed by atoms with E-state index in [4.69, 9.17) is 4.74 Å². The fraction of sp³-hybridized carbons (Fsp3) is 0.333. The Hall–Kier alpha value is -4.63. The van der Waals surface area contributed by atoms with Crippen molar-refractivity contribution in [2.45, 2.75) is 75.4 Å². The number of sulfonamides is 1. The van der Waals surface area contributed by atoms with E-state index < -0.39 is 28.5 Å². The van der Waals surface area contributed by atoms with Crippen LogP contribution < -0.4 is 14.4 Å². The summed E-state index contributed by atoms with van der Waals surface area (Å²) >= 11 is 0. The van der Waals surface area contributed by atoms with Gasteiger partial charge < -0.3 is 15.0 Å². The number of hydrogen-bond donors (Lipinski definition) is 1. The predicted molar refractivity (Wildman–Crippen MR) is 189 cm³/mol. The molecular formula is C39H45N3O5S. The van der Waals surface area contributed by atoms with Gasteiger partial charge in [0.2, 0.25) is 11.8 Å². The third kappa shape index (κ3) is 8.63. The monoisotopic (exact) mass is 667 g/mol. The van der Waals surface area contributed by atoms with Gasteiger partial charge in [0.05, 0.1) is 17.7 Å². The average Bonchev–Trinajstić information content (AvgIpc) is 3.13. The van der Waals surface area contributed by atoms with Gasteiger partial charge in [-0.15, -0.1) is 0 Å². The van der Waals surface area contributed by atoms with Gasteiger partial charge in [0.15, 0.2) is 0 Å². The van der Waals surface area contributed by atoms with Crippen molar-refractivity contribution in [3.63, 3.8) is 0 Å². The van der Waals surface area contributed by atoms with E-state index in [0.717, 1.165) is 48.8 Å². The molecule has 0 heterocycles. The molecule has 4 aromatic carbocycles. The van der Waals surface area contributed by atoms with Crippen LogP contribution in [0.15, 0.2) is 114 Å². The molecule has 0 radical (unpaired) electrons. The molecule has 8 nitrogen and oxygen atoms in total. The second kappa shape index (κ2) is 16.5. The normalized spacial score (nSPS) is 14.1. The molecule has 1 unspecified atom stereocenters. The summed E-state index contributed by atoms with van der Waals surface area (Å²) in [6.07, 6.45) is 5.86. The Morgan fingerprint density at radius 1 is 0.833 bits per heavy atom. The molecule has 0 spiro atoms. The minimum absolute atomic E-state index is 0.0321. The Bertz CT molecular complexity index is 1760. The molecule has 1 N–H and O–H groups in total. The van der Waals surface area contributed by atoms with Crippen LogP contribution in [0.3, 0.4) is 0 Å². The molecule has 1 atom stereocenters. The number of carbonyl (C=O) groups excluding carboxylic acids is 2. The summed E-state index contributed by atoms with van der Waals surface area (Å²) < 4.78 is 35.3. The van der Waals surface area contributed by atoms with Crippen LogP contribution in [0.4, 0.5) is 5.69 Å². The number of carbonyl (C=O) groups is 2. The smallest absolute Gasteiger partial charge is 0.264 e. The third-order valence-electron chi connectivity index (χ3n) is 8.96. The van der Waals surface area contributed by atoms with Crippen molar-refractivity contribution in [2.24, 2.45) is 0 Å². The number of benzene rings is 4. The van der Waals surface area contributed by atoms with Crippen LogP contribution in [0.2, 0.25) is 0 Å². The topological polar surface area (TPSA) is 96.0 Å². The highest BCUT2D eigenvalue weighted by atomic mass is 32.2. The van der Waals surface area contributed by atoms with Gasteiger partial charge in [-0.05, 0) is 66.3 Å². The molecular weight excluding hydrogens is 623 g/mol. The molecule has 4 aromatic rings. The second-order valence-corrected chi connectivity index (χ2v) is 14.1. The van der Waals surface area contributed by atoms with E-state index in [9.17, 15) is 18.0 Å². The Labute approximate surface area is 284 Å². The number of anilines is 1. The Balaban J connectivity index is 1.59. The fourth-order valence-corrected chi connectivity index (χ4v) is 7.82. The van der Waals surface area contributed by atoms with Crippen LogP contribution >= 0.6 is 0 Å². The van der Waals surface area contributed by atoms with Crippen LogP contribution in [0, 0.1) is 0 Å². The zero-order valence-electron chi connectivity index (χ0n) is 27.8. The largest absolute Gasteiger partial charge is 0.497 e. The van der Waals surface area contributed by atoms with Crippen molar-refractivity contribution in [1.29, 1.82) is 0 Å². The van der Waals surface area contributed by atoms with Gasteiger partial charge in [-0.2, -0.15) is 0 Å². The van der Waals surface area contributed by atoms with Crippen LogP contribution in [0.25, 0.3) is 0 Å². The lowest BCUT2D eigenvalue weighted by Gasteiger charge is -2.35. The Kier molecular flexibility index (Phi) is 11.9. The molecule has 48 heavy (non-hydrogen) atoms. The van der Waals surface area contributed by atoms with Gasteiger partial charge in [-0.1, -0.05) is 105 Å². The van der Waals surface area contributed by atoms with Gasteiger partial charge in [0.1, 0.15) is 18.3 Å². The van der Waals surface area contributed by atoms with Crippen LogP contribution in [-0.2, 0) is 39.0 Å². The molecule has 1 fully saturated rings. The van der Waals surface area contributed by atoms with Crippen molar-refractivity contribution < 1.29 is 22.7 Å². The van der Waals surface area contributed by atoms with Crippen molar-refractivity contribution in [2.75, 3.05) is 18.0 Å². The minimum atomic E-state index is -4.16. The lowest BCUT2D eigenvalue weighted by molar-refractivity contribution is -0.140. The van der Waals surface area contributed by atoms with Crippen LogP contribution in [0.5, 0.6) is 5.75 Å². The molecule has 1 saturated carbocycles. The van der Waals surface area contributed by atoms with E-state index in [1.807, 2.05) is 73.7 Å². The zero-order chi connectivity index (χ0) is 33.9. The summed E-state index contributed by atoms with van der Waals surface area (Å²) in [6, 6.07) is 31.5. The molecule has 2 amide bonds. The first-order valence-corrected chi connectivity index (χ1v) is 18.2. The molecule has 0 bridgehead atoms. The van der Waals surface area contributed by atoms with Gasteiger partial charge in [0.25, 0.3) is 10.0 Å². The van der Waals surface area contributed by atoms with Crippen LogP contribution in [-0.4, -0.2) is 50.9 Å². The number of hydrogen-bond acceptors (Lipinski definition) is 5. The first kappa shape index (κ1) is 34.7. The number of methoxy groups -OCH3 is 1. The number of nitrogens with zero attached hydrogens (tertiary/aromatic N) is 2. The predicted octanol–water partition coefficient (Wildman–Crippen LogP) is 6.54. The second-order valence-electron chi connectivity index (χ2n) is 12.2. The average molecular weight is 668 g/mol. The third-order valence-corrected chi connectivity index (χ3v) is 10.7. The summed E-state index contributed by atoms with van der Waals surface area (Å²) in [5.74, 6) is -0.104. The van der Waals surface area contributed by atoms with Crippen molar-refractivity contribution in [1.82, 2.24) is 10.2 Å². The number of ether oxygens (including phenoxy) is 1. The van der Waals surface area contributed by atoms with Gasteiger partial charge in [-0.25, -0.2) is 8.42 Å². The highest BCUT2D eigenvalue weighted by Gasteiger charge is 2.36. The summed E-state index contributed by atoms with van der Waals surface area (Å²) in [7, 11) is -2.58. The molecule has 252 valence electrons. The number of rotatable bonds is 14. The summed E-state index contributed by atoms with van der Waals surface area (Å²) in [4.78, 5) is 30.7. The van der Waals surface area contributed by atoms with Gasteiger partial charge >= 0.3 is 0 Å². The van der Waals surface area contributed by atoms with E-state index >= 15 is 0 Å². The number of aryl methyl sites for hydroxylation is 1. The molecule has 9 heteroatoms. The number of para-hydroxylation sites is 1. The lowest BCUT2D eigenvalue weighted by Crippen LogP contribution is -2.55. The number of nitrogens with one attached hydrogen (secondary N) is 1. The standard InChI is InChI=1S/C39H45N3O5S/c1-3-32-19-13-14-25-36(32)42(48(45,46)35-23-11-6-12-24-35)29-38(43)41(28-31-18-15-22-34(26-31)47-2)37(27-30-16-7-4-8-17-30)39(44)40-33-20-9-5-10-21-33/h4,6-8,11-19,22-26,33,37H,3,5,9-10,20-21,27-29H2,1-2H3,(H,40,44). The SMILES string of the molecule is CCc1ccccc1N(CC(=O)N(Cc1cccc(OC)c1)C(Cc1ccccc1)C(=O)NC1CCCCC1)S(=O)(=O)c1ccccc1. The van der Waals surface area contributed by atoms with E-state index in [1.165, 1.54) is 16.4 Å².